The molecule has 3 amide bonds. The maximum atomic E-state index is 14.4. The monoisotopic (exact) mass is 644 g/mol. The number of primary amides is 1. The summed E-state index contributed by atoms with van der Waals surface area (Å²) in [5.74, 6) is -2.17. The number of benzene rings is 2. The molecule has 0 unspecified atom stereocenters. The van der Waals surface area contributed by atoms with Crippen molar-refractivity contribution in [3.05, 3.63) is 77.0 Å². The molecule has 45 heavy (non-hydrogen) atoms. The number of aryl methyl sites for hydroxylation is 1. The van der Waals surface area contributed by atoms with Crippen LogP contribution in [-0.4, -0.2) is 67.1 Å². The second kappa shape index (κ2) is 14.7. The zero-order valence-electron chi connectivity index (χ0n) is 25.5. The van der Waals surface area contributed by atoms with Gasteiger partial charge in [-0.1, -0.05) is 19.4 Å². The Kier molecular flexibility index (Phi) is 10.9. The van der Waals surface area contributed by atoms with Gasteiger partial charge in [0.05, 0.1) is 17.5 Å². The summed E-state index contributed by atoms with van der Waals surface area (Å²) in [5, 5.41) is 2.50. The Morgan fingerprint density at radius 1 is 1.11 bits per heavy atom. The number of urea groups is 1. The number of nitrogens with two attached hydrogens (primary N) is 1. The first-order chi connectivity index (χ1) is 21.3. The number of unbranched alkanes of at least 4 members (excludes halogenated alkanes) is 1. The van der Waals surface area contributed by atoms with Gasteiger partial charge in [-0.15, -0.1) is 0 Å². The molecule has 1 aromatic heterocycles. The summed E-state index contributed by atoms with van der Waals surface area (Å²) in [4.78, 5) is 33.1. The average Bonchev–Trinajstić information content (AvgIpc) is 2.97. The highest BCUT2D eigenvalue weighted by molar-refractivity contribution is 7.92. The van der Waals surface area contributed by atoms with Crippen LogP contribution < -0.4 is 20.5 Å². The third-order valence-corrected chi connectivity index (χ3v) is 8.08. The number of rotatable bonds is 12. The van der Waals surface area contributed by atoms with Gasteiger partial charge in [0.15, 0.2) is 0 Å². The Morgan fingerprint density at radius 2 is 1.84 bits per heavy atom. The maximum absolute atomic E-state index is 14.4. The summed E-state index contributed by atoms with van der Waals surface area (Å²) < 4.78 is 59.6. The van der Waals surface area contributed by atoms with Gasteiger partial charge in [-0.25, -0.2) is 27.0 Å². The van der Waals surface area contributed by atoms with Gasteiger partial charge in [0.1, 0.15) is 17.4 Å². The normalized spacial score (nSPS) is 14.2. The molecule has 242 valence electrons. The van der Waals surface area contributed by atoms with Crippen molar-refractivity contribution in [2.45, 2.75) is 52.1 Å². The summed E-state index contributed by atoms with van der Waals surface area (Å²) in [6.45, 7) is 6.40. The molecule has 0 spiro atoms. The van der Waals surface area contributed by atoms with Crippen LogP contribution in [0.2, 0.25) is 0 Å². The van der Waals surface area contributed by atoms with Crippen LogP contribution in [0.3, 0.4) is 0 Å². The van der Waals surface area contributed by atoms with Crippen molar-refractivity contribution in [1.29, 1.82) is 0 Å². The molecule has 4 rings (SSSR count). The van der Waals surface area contributed by atoms with Crippen LogP contribution in [0.5, 0.6) is 11.6 Å². The van der Waals surface area contributed by atoms with E-state index in [1.54, 1.807) is 35.4 Å². The molecule has 4 N–H and O–H groups in total. The molecule has 2 aromatic carbocycles. The highest BCUT2D eigenvalue weighted by atomic mass is 32.2. The van der Waals surface area contributed by atoms with Crippen molar-refractivity contribution < 1.29 is 31.5 Å². The minimum Gasteiger partial charge on any atom is -0.439 e. The zero-order chi connectivity index (χ0) is 32.7. The van der Waals surface area contributed by atoms with Crippen molar-refractivity contribution in [1.82, 2.24) is 14.8 Å². The van der Waals surface area contributed by atoms with E-state index in [0.29, 0.717) is 49.3 Å². The van der Waals surface area contributed by atoms with E-state index in [2.05, 4.69) is 19.9 Å². The Labute approximate surface area is 261 Å². The van der Waals surface area contributed by atoms with Gasteiger partial charge in [-0.05, 0) is 61.6 Å². The zero-order valence-corrected chi connectivity index (χ0v) is 26.3. The number of anilines is 2. The number of hydrogen-bond acceptors (Lipinski definition) is 7. The van der Waals surface area contributed by atoms with Gasteiger partial charge in [-0.3, -0.25) is 14.4 Å². The molecule has 0 saturated carbocycles. The van der Waals surface area contributed by atoms with Crippen LogP contribution in [0.15, 0.2) is 48.7 Å². The number of carbonyl (C=O) groups excluding carboxylic acids is 2. The first kappa shape index (κ1) is 33.6. The molecule has 1 aliphatic rings. The van der Waals surface area contributed by atoms with Crippen LogP contribution in [0, 0.1) is 18.6 Å². The number of hydrogen-bond donors (Lipinski definition) is 3. The molecule has 0 radical (unpaired) electrons. The fourth-order valence-corrected chi connectivity index (χ4v) is 5.72. The van der Waals surface area contributed by atoms with E-state index in [1.165, 1.54) is 0 Å². The first-order valence-corrected chi connectivity index (χ1v) is 16.5. The van der Waals surface area contributed by atoms with Crippen molar-refractivity contribution in [2.24, 2.45) is 5.73 Å². The molecular weight excluding hydrogens is 606 g/mol. The smallest absolute Gasteiger partial charge is 0.322 e. The minimum atomic E-state index is -3.38. The van der Waals surface area contributed by atoms with Crippen LogP contribution >= 0.6 is 0 Å². The fraction of sp³-hybridized carbons (Fsp3) is 0.387. The fourth-order valence-electron chi connectivity index (χ4n) is 5.17. The Hall–Kier alpha value is -4.30. The van der Waals surface area contributed by atoms with Crippen LogP contribution in [0.25, 0.3) is 0 Å². The number of sulfonamides is 1. The summed E-state index contributed by atoms with van der Waals surface area (Å²) in [6, 6.07) is 9.56. The minimum absolute atomic E-state index is 0.0805. The molecule has 1 saturated heterocycles. The van der Waals surface area contributed by atoms with Crippen molar-refractivity contribution in [2.75, 3.05) is 35.9 Å². The Bertz CT molecular complexity index is 1630. The number of halogens is 2. The molecule has 0 atom stereocenters. The van der Waals surface area contributed by atoms with Gasteiger partial charge in [0, 0.05) is 56.2 Å². The quantitative estimate of drug-likeness (QED) is 0.245. The number of nitrogens with zero attached hydrogens (tertiary/aromatic N) is 3. The Morgan fingerprint density at radius 3 is 2.44 bits per heavy atom. The SMILES string of the molecule is CCCCN(C(=O)Nc1cc(C(N)=O)c(F)cc1F)C1CCN(Cc2ccc(Oc3ccc(NS(C)(=O)=O)cc3C)nc2)CC1. The molecular formula is C31H38F2N6O5S. The number of likely N-dealkylation sites (tertiary alicyclic amines) is 1. The first-order valence-electron chi connectivity index (χ1n) is 14.6. The molecule has 0 aliphatic carbocycles. The predicted molar refractivity (Wildman–Crippen MR) is 168 cm³/mol. The number of ether oxygens (including phenoxy) is 1. The molecule has 14 heteroatoms. The molecule has 1 fully saturated rings. The highest BCUT2D eigenvalue weighted by Gasteiger charge is 2.28. The van der Waals surface area contributed by atoms with E-state index in [0.717, 1.165) is 49.4 Å². The molecule has 11 nitrogen and oxygen atoms in total. The average molecular weight is 645 g/mol. The number of piperidine rings is 1. The second-order valence-electron chi connectivity index (χ2n) is 11.1. The van der Waals surface area contributed by atoms with Crippen molar-refractivity contribution in [3.8, 4) is 11.6 Å². The van der Waals surface area contributed by atoms with E-state index in [1.807, 2.05) is 19.9 Å². The second-order valence-corrected chi connectivity index (χ2v) is 12.9. The van der Waals surface area contributed by atoms with E-state index in [-0.39, 0.29) is 11.7 Å². The number of carbonyl (C=O) groups is 2. The lowest BCUT2D eigenvalue weighted by Gasteiger charge is -2.38. The van der Waals surface area contributed by atoms with Gasteiger partial charge in [0.2, 0.25) is 15.9 Å². The largest absolute Gasteiger partial charge is 0.439 e. The van der Waals surface area contributed by atoms with Crippen LogP contribution in [-0.2, 0) is 16.6 Å². The lowest BCUT2D eigenvalue weighted by molar-refractivity contribution is 0.0996. The van der Waals surface area contributed by atoms with Crippen molar-refractivity contribution >= 4 is 33.3 Å². The van der Waals surface area contributed by atoms with E-state index < -0.39 is 39.2 Å². The predicted octanol–water partition coefficient (Wildman–Crippen LogP) is 5.23. The van der Waals surface area contributed by atoms with E-state index in [4.69, 9.17) is 10.5 Å². The topological polar surface area (TPSA) is 147 Å². The Balaban J connectivity index is 1.33. The van der Waals surface area contributed by atoms with Gasteiger partial charge < -0.3 is 20.7 Å². The van der Waals surface area contributed by atoms with E-state index in [9.17, 15) is 26.8 Å². The van der Waals surface area contributed by atoms with Gasteiger partial charge >= 0.3 is 6.03 Å². The maximum Gasteiger partial charge on any atom is 0.322 e. The summed E-state index contributed by atoms with van der Waals surface area (Å²) in [6.07, 6.45) is 5.85. The lowest BCUT2D eigenvalue weighted by Crippen LogP contribution is -2.49. The third kappa shape index (κ3) is 9.35. The lowest BCUT2D eigenvalue weighted by atomic mass is 10.0. The van der Waals surface area contributed by atoms with Crippen molar-refractivity contribution in [3.63, 3.8) is 0 Å². The summed E-state index contributed by atoms with van der Waals surface area (Å²) >= 11 is 0. The molecule has 0 bridgehead atoms. The number of pyridine rings is 1. The molecule has 2 heterocycles. The van der Waals surface area contributed by atoms with Crippen LogP contribution in [0.4, 0.5) is 25.0 Å². The summed E-state index contributed by atoms with van der Waals surface area (Å²) in [5.41, 5.74) is 6.57. The van der Waals surface area contributed by atoms with Gasteiger partial charge in [0.25, 0.3) is 5.91 Å². The summed E-state index contributed by atoms with van der Waals surface area (Å²) in [7, 11) is -3.38. The number of nitrogens with one attached hydrogen (secondary N) is 2. The number of aromatic nitrogens is 1. The van der Waals surface area contributed by atoms with Crippen LogP contribution in [0.1, 0.15) is 54.1 Å². The standard InChI is InChI=1S/C31H38F2N6O5S/c1-4-5-12-39(31(41)36-27-16-24(30(34)40)25(32)17-26(27)33)23-10-13-38(14-11-23)19-21-6-9-29(35-18-21)44-28-8-7-22(15-20(28)2)37-45(3,42)43/h6-9,15-18,23,37H,4-5,10-14,19H2,1-3H3,(H2,34,40)(H,36,41). The van der Waals surface area contributed by atoms with Gasteiger partial charge in [-0.2, -0.15) is 0 Å². The molecule has 3 aromatic rings. The third-order valence-electron chi connectivity index (χ3n) is 7.47. The highest BCUT2D eigenvalue weighted by Crippen LogP contribution is 2.28. The van der Waals surface area contributed by atoms with E-state index >= 15 is 0 Å². The number of amides is 3. The molecule has 1 aliphatic heterocycles.